The molecular weight excluding hydrogens is 570 g/mol. The molecule has 0 unspecified atom stereocenters. The van der Waals surface area contributed by atoms with Crippen molar-refractivity contribution in [2.24, 2.45) is 0 Å². The minimum absolute atomic E-state index is 0.0626. The number of hydrogen-bond acceptors (Lipinski definition) is 9. The fourth-order valence-corrected chi connectivity index (χ4v) is 5.28. The molecule has 218 valence electrons. The van der Waals surface area contributed by atoms with Crippen LogP contribution in [0, 0.1) is 0 Å². The second-order valence-electron chi connectivity index (χ2n) is 9.21. The summed E-state index contributed by atoms with van der Waals surface area (Å²) in [6.45, 7) is 1.13. The smallest absolute Gasteiger partial charge is 0.265 e. The molecule has 0 saturated carbocycles. The first-order valence-corrected chi connectivity index (χ1v) is 14.8. The van der Waals surface area contributed by atoms with E-state index in [0.717, 1.165) is 16.5 Å². The summed E-state index contributed by atoms with van der Waals surface area (Å²) in [5.41, 5.74) is 0.693. The first-order valence-electron chi connectivity index (χ1n) is 12.8. The van der Waals surface area contributed by atoms with E-state index < -0.39 is 27.7 Å². The van der Waals surface area contributed by atoms with Gasteiger partial charge in [-0.25, -0.2) is 0 Å². The number of amides is 2. The van der Waals surface area contributed by atoms with Crippen LogP contribution in [0.4, 0.5) is 5.69 Å². The van der Waals surface area contributed by atoms with Gasteiger partial charge in [0.1, 0.15) is 5.57 Å². The number of thiocarbonyl (C=S) groups is 1. The maximum absolute atomic E-state index is 13.1. The molecule has 0 bridgehead atoms. The molecule has 41 heavy (non-hydrogen) atoms. The van der Waals surface area contributed by atoms with Crippen molar-refractivity contribution in [1.29, 1.82) is 0 Å². The third-order valence-electron chi connectivity index (χ3n) is 6.45. The number of ether oxygens (including phenoxy) is 3. The summed E-state index contributed by atoms with van der Waals surface area (Å²) in [4.78, 5) is 30.7. The van der Waals surface area contributed by atoms with Gasteiger partial charge < -0.3 is 19.1 Å². The molecule has 0 aliphatic carbocycles. The van der Waals surface area contributed by atoms with Crippen LogP contribution in [0.1, 0.15) is 6.42 Å². The number of anilines is 1. The highest BCUT2D eigenvalue weighted by atomic mass is 32.2. The lowest BCUT2D eigenvalue weighted by molar-refractivity contribution is -0.134. The number of fused-ring (bicyclic) bond motifs is 2. The minimum Gasteiger partial charge on any atom is -0.439 e. The monoisotopic (exact) mass is 601 g/mol. The Balaban J connectivity index is 1.60. The molecule has 2 aliphatic rings. The Bertz CT molecular complexity index is 1500. The molecule has 0 aromatic heterocycles. The van der Waals surface area contributed by atoms with Gasteiger partial charge in [0, 0.05) is 20.8 Å². The summed E-state index contributed by atoms with van der Waals surface area (Å²) in [6.07, 6.45) is 6.41. The van der Waals surface area contributed by atoms with Crippen molar-refractivity contribution in [3.8, 4) is 5.75 Å². The third kappa shape index (κ3) is 7.18. The summed E-state index contributed by atoms with van der Waals surface area (Å²) in [7, 11) is -1.10. The lowest BCUT2D eigenvalue weighted by atomic mass is 10.1. The number of allylic oxidation sites excluding steroid dienone is 4. The van der Waals surface area contributed by atoms with Crippen LogP contribution in [0.2, 0.25) is 0 Å². The Labute approximate surface area is 244 Å². The Hall–Kier alpha value is -3.62. The number of benzene rings is 2. The fraction of sp³-hybridized carbons (Fsp3) is 0.321. The summed E-state index contributed by atoms with van der Waals surface area (Å²) in [6, 6.07) is 11.6. The lowest BCUT2D eigenvalue weighted by Gasteiger charge is -2.36. The molecule has 4 rings (SSSR count). The van der Waals surface area contributed by atoms with Crippen LogP contribution < -0.4 is 9.64 Å². The van der Waals surface area contributed by atoms with Gasteiger partial charge in [0.15, 0.2) is 10.9 Å². The van der Waals surface area contributed by atoms with Crippen molar-refractivity contribution < 1.29 is 36.8 Å². The number of carbonyl (C=O) groups excluding carboxylic acids is 2. The second-order valence-corrected chi connectivity index (χ2v) is 11.1. The maximum atomic E-state index is 13.1. The van der Waals surface area contributed by atoms with E-state index in [1.165, 1.54) is 30.1 Å². The zero-order valence-electron chi connectivity index (χ0n) is 22.7. The minimum atomic E-state index is -4.12. The Morgan fingerprint density at radius 1 is 0.902 bits per heavy atom. The lowest BCUT2D eigenvalue weighted by Crippen LogP contribution is -2.57. The second kappa shape index (κ2) is 13.4. The summed E-state index contributed by atoms with van der Waals surface area (Å²) >= 11 is 5.40. The standard InChI is InChI=1S/C28H31N3O8S2/c1-37-15-13-30-26(32)22(27(33)31(28(30)40)14-16-38-2)10-5-6-11-25-29(12-7-17-41(34,35)36)23-18-20-8-3-4-9-21(20)19-24(23)39-25/h3-6,8-11,18-19H,7,12-17H2,1-2H3,(H,34,35,36)/b6-5+,25-11+. The van der Waals surface area contributed by atoms with E-state index in [2.05, 4.69) is 0 Å². The van der Waals surface area contributed by atoms with Crippen molar-refractivity contribution >= 4 is 55.7 Å². The van der Waals surface area contributed by atoms with Gasteiger partial charge in [0.05, 0.1) is 37.7 Å². The van der Waals surface area contributed by atoms with Crippen LogP contribution in [0.5, 0.6) is 5.75 Å². The van der Waals surface area contributed by atoms with Gasteiger partial charge in [-0.2, -0.15) is 8.42 Å². The molecule has 1 N–H and O–H groups in total. The number of methoxy groups -OCH3 is 2. The number of hydrogen-bond donors (Lipinski definition) is 1. The summed E-state index contributed by atoms with van der Waals surface area (Å²) in [5.74, 6) is -0.419. The van der Waals surface area contributed by atoms with E-state index in [0.29, 0.717) is 11.6 Å². The largest absolute Gasteiger partial charge is 0.439 e. The number of carbonyl (C=O) groups is 2. The molecule has 13 heteroatoms. The van der Waals surface area contributed by atoms with E-state index in [9.17, 15) is 22.6 Å². The van der Waals surface area contributed by atoms with Crippen LogP contribution in [-0.2, 0) is 29.2 Å². The van der Waals surface area contributed by atoms with Gasteiger partial charge >= 0.3 is 0 Å². The van der Waals surface area contributed by atoms with E-state index in [4.69, 9.17) is 26.4 Å². The van der Waals surface area contributed by atoms with Crippen molar-refractivity contribution in [3.63, 3.8) is 0 Å². The quantitative estimate of drug-likeness (QED) is 0.168. The molecule has 2 aliphatic heterocycles. The van der Waals surface area contributed by atoms with E-state index in [-0.39, 0.29) is 50.0 Å². The van der Waals surface area contributed by atoms with Gasteiger partial charge in [0.25, 0.3) is 21.9 Å². The molecule has 0 spiro atoms. The highest BCUT2D eigenvalue weighted by molar-refractivity contribution is 7.85. The van der Waals surface area contributed by atoms with Crippen LogP contribution >= 0.6 is 12.2 Å². The predicted molar refractivity (Wildman–Crippen MR) is 158 cm³/mol. The Morgan fingerprint density at radius 2 is 1.49 bits per heavy atom. The highest BCUT2D eigenvalue weighted by Gasteiger charge is 2.38. The van der Waals surface area contributed by atoms with Gasteiger partial charge in [-0.15, -0.1) is 0 Å². The maximum Gasteiger partial charge on any atom is 0.265 e. The molecular formula is C28H31N3O8S2. The predicted octanol–water partition coefficient (Wildman–Crippen LogP) is 2.89. The van der Waals surface area contributed by atoms with E-state index in [1.54, 1.807) is 18.2 Å². The third-order valence-corrected chi connectivity index (χ3v) is 7.69. The summed E-state index contributed by atoms with van der Waals surface area (Å²) < 4.78 is 48.1. The number of nitrogens with zero attached hydrogens (tertiary/aromatic N) is 3. The Kier molecular flexibility index (Phi) is 9.89. The van der Waals surface area contributed by atoms with Crippen molar-refractivity contribution in [3.05, 3.63) is 72.2 Å². The van der Waals surface area contributed by atoms with Crippen molar-refractivity contribution in [2.75, 3.05) is 57.7 Å². The topological polar surface area (TPSA) is 126 Å². The van der Waals surface area contributed by atoms with E-state index >= 15 is 0 Å². The zero-order valence-corrected chi connectivity index (χ0v) is 24.3. The van der Waals surface area contributed by atoms with Gasteiger partial charge in [0.2, 0.25) is 5.88 Å². The molecule has 2 aromatic rings. The zero-order chi connectivity index (χ0) is 29.6. The first kappa shape index (κ1) is 30.3. The molecule has 0 radical (unpaired) electrons. The SMILES string of the molecule is COCCN1C(=O)C(=C/C=C/C=C2/Oc3cc4ccccc4cc3N2CCCS(=O)(=O)O)C(=O)N(CCOC)C1=S. The van der Waals surface area contributed by atoms with Crippen LogP contribution in [0.3, 0.4) is 0 Å². The molecule has 2 aromatic carbocycles. The van der Waals surface area contributed by atoms with Gasteiger partial charge in [-0.3, -0.25) is 23.9 Å². The fourth-order valence-electron chi connectivity index (χ4n) is 4.44. The first-order chi connectivity index (χ1) is 19.6. The van der Waals surface area contributed by atoms with Crippen molar-refractivity contribution in [2.45, 2.75) is 6.42 Å². The van der Waals surface area contributed by atoms with Crippen LogP contribution in [0.15, 0.2) is 72.2 Å². The van der Waals surface area contributed by atoms with Crippen molar-refractivity contribution in [1.82, 2.24) is 9.80 Å². The molecule has 2 amide bonds. The molecule has 11 nitrogen and oxygen atoms in total. The van der Waals surface area contributed by atoms with Crippen LogP contribution in [0.25, 0.3) is 10.8 Å². The highest BCUT2D eigenvalue weighted by Crippen LogP contribution is 2.41. The molecule has 2 heterocycles. The van der Waals surface area contributed by atoms with Crippen LogP contribution in [-0.4, -0.2) is 92.5 Å². The molecule has 0 atom stereocenters. The Morgan fingerprint density at radius 3 is 2.07 bits per heavy atom. The molecule has 1 saturated heterocycles. The normalized spacial score (nSPS) is 16.9. The summed E-state index contributed by atoms with van der Waals surface area (Å²) in [5, 5.41) is 2.07. The van der Waals surface area contributed by atoms with Gasteiger partial charge in [-0.1, -0.05) is 36.4 Å². The van der Waals surface area contributed by atoms with Gasteiger partial charge in [-0.05, 0) is 53.7 Å². The average molecular weight is 602 g/mol. The number of rotatable bonds is 12. The van der Waals surface area contributed by atoms with E-state index in [1.807, 2.05) is 41.3 Å². The molecule has 1 fully saturated rings. The average Bonchev–Trinajstić information content (AvgIpc) is 3.26.